The molecule has 0 spiro atoms. The van der Waals surface area contributed by atoms with Gasteiger partial charge in [-0.05, 0) is 71.7 Å². The number of aryl methyl sites for hydroxylation is 2. The maximum Gasteiger partial charge on any atom is 0.129 e. The molecular weight excluding hydrogens is 241 g/mol. The number of hydrogen-bond donors (Lipinski definition) is 2. The van der Waals surface area contributed by atoms with Crippen LogP contribution >= 0.6 is 0 Å². The van der Waals surface area contributed by atoms with Crippen LogP contribution in [0.15, 0.2) is 12.1 Å². The SMILES string of the molecule is Cc1cc(C)c(C(C)(O)CCNC(C)(C)C)c(F)c1. The highest BCUT2D eigenvalue weighted by atomic mass is 19.1. The minimum absolute atomic E-state index is 0.00303. The molecule has 0 saturated carbocycles. The number of hydrogen-bond acceptors (Lipinski definition) is 2. The van der Waals surface area contributed by atoms with Crippen LogP contribution in [0.2, 0.25) is 0 Å². The van der Waals surface area contributed by atoms with E-state index in [2.05, 4.69) is 26.1 Å². The van der Waals surface area contributed by atoms with E-state index in [0.717, 1.165) is 11.1 Å². The first kappa shape index (κ1) is 16.1. The highest BCUT2D eigenvalue weighted by Gasteiger charge is 2.28. The number of rotatable bonds is 4. The zero-order valence-electron chi connectivity index (χ0n) is 12.9. The van der Waals surface area contributed by atoms with E-state index in [9.17, 15) is 9.50 Å². The average molecular weight is 267 g/mol. The second-order valence-corrected chi connectivity index (χ2v) is 6.64. The van der Waals surface area contributed by atoms with Gasteiger partial charge < -0.3 is 10.4 Å². The normalized spacial score (nSPS) is 15.4. The van der Waals surface area contributed by atoms with E-state index in [1.165, 1.54) is 6.07 Å². The van der Waals surface area contributed by atoms with E-state index in [1.807, 2.05) is 19.9 Å². The fraction of sp³-hybridized carbons (Fsp3) is 0.625. The van der Waals surface area contributed by atoms with Crippen LogP contribution < -0.4 is 5.32 Å². The lowest BCUT2D eigenvalue weighted by molar-refractivity contribution is 0.0421. The van der Waals surface area contributed by atoms with Gasteiger partial charge in [-0.25, -0.2) is 4.39 Å². The molecule has 0 heterocycles. The van der Waals surface area contributed by atoms with Gasteiger partial charge in [-0.2, -0.15) is 0 Å². The van der Waals surface area contributed by atoms with Crippen molar-refractivity contribution in [3.63, 3.8) is 0 Å². The van der Waals surface area contributed by atoms with Crippen molar-refractivity contribution in [1.82, 2.24) is 5.32 Å². The molecule has 0 bridgehead atoms. The molecule has 1 atom stereocenters. The van der Waals surface area contributed by atoms with Gasteiger partial charge in [0.25, 0.3) is 0 Å². The van der Waals surface area contributed by atoms with Gasteiger partial charge in [0.15, 0.2) is 0 Å². The number of aliphatic hydroxyl groups is 1. The molecule has 108 valence electrons. The van der Waals surface area contributed by atoms with Crippen LogP contribution in [0.1, 0.15) is 50.8 Å². The summed E-state index contributed by atoms with van der Waals surface area (Å²) in [5, 5.41) is 13.9. The Bertz CT molecular complexity index is 424. The Hall–Kier alpha value is -0.930. The highest BCUT2D eigenvalue weighted by molar-refractivity contribution is 5.35. The van der Waals surface area contributed by atoms with E-state index >= 15 is 0 Å². The van der Waals surface area contributed by atoms with Crippen LogP contribution in [0.3, 0.4) is 0 Å². The molecule has 0 fully saturated rings. The lowest BCUT2D eigenvalue weighted by Crippen LogP contribution is -2.39. The molecule has 1 rings (SSSR count). The van der Waals surface area contributed by atoms with Gasteiger partial charge in [-0.1, -0.05) is 6.07 Å². The number of nitrogens with one attached hydrogen (secondary N) is 1. The van der Waals surface area contributed by atoms with E-state index in [4.69, 9.17) is 0 Å². The summed E-state index contributed by atoms with van der Waals surface area (Å²) >= 11 is 0. The highest BCUT2D eigenvalue weighted by Crippen LogP contribution is 2.30. The van der Waals surface area contributed by atoms with E-state index < -0.39 is 5.60 Å². The predicted molar refractivity (Wildman–Crippen MR) is 77.8 cm³/mol. The van der Waals surface area contributed by atoms with Crippen LogP contribution in [-0.2, 0) is 5.60 Å². The van der Waals surface area contributed by atoms with Gasteiger partial charge in [0.05, 0.1) is 5.60 Å². The fourth-order valence-corrected chi connectivity index (χ4v) is 2.40. The molecule has 0 aromatic heterocycles. The van der Waals surface area contributed by atoms with Crippen LogP contribution in [0.4, 0.5) is 4.39 Å². The summed E-state index contributed by atoms with van der Waals surface area (Å²) in [5.41, 5.74) is 0.936. The molecule has 1 aromatic rings. The van der Waals surface area contributed by atoms with Crippen molar-refractivity contribution in [3.05, 3.63) is 34.6 Å². The van der Waals surface area contributed by atoms with Crippen molar-refractivity contribution in [3.8, 4) is 0 Å². The summed E-state index contributed by atoms with van der Waals surface area (Å²) in [4.78, 5) is 0. The molecule has 0 radical (unpaired) electrons. The van der Waals surface area contributed by atoms with Gasteiger partial charge in [0.1, 0.15) is 5.82 Å². The zero-order valence-corrected chi connectivity index (χ0v) is 12.9. The van der Waals surface area contributed by atoms with Gasteiger partial charge in [0, 0.05) is 11.1 Å². The molecule has 1 aromatic carbocycles. The molecular formula is C16H26FNO. The maximum absolute atomic E-state index is 14.1. The van der Waals surface area contributed by atoms with Gasteiger partial charge >= 0.3 is 0 Å². The molecule has 0 aliphatic rings. The minimum Gasteiger partial charge on any atom is -0.385 e. The third-order valence-corrected chi connectivity index (χ3v) is 3.24. The largest absolute Gasteiger partial charge is 0.385 e. The monoisotopic (exact) mass is 267 g/mol. The van der Waals surface area contributed by atoms with Crippen molar-refractivity contribution < 1.29 is 9.50 Å². The number of halogens is 1. The Kier molecular flexibility index (Phi) is 4.75. The summed E-state index contributed by atoms with van der Waals surface area (Å²) in [6.45, 7) is 12.2. The Labute approximate surface area is 116 Å². The lowest BCUT2D eigenvalue weighted by atomic mass is 9.87. The van der Waals surface area contributed by atoms with Gasteiger partial charge in [-0.3, -0.25) is 0 Å². The van der Waals surface area contributed by atoms with Crippen molar-refractivity contribution >= 4 is 0 Å². The second kappa shape index (κ2) is 5.59. The molecule has 3 heteroatoms. The smallest absolute Gasteiger partial charge is 0.129 e. The molecule has 0 aliphatic heterocycles. The Morgan fingerprint density at radius 3 is 2.21 bits per heavy atom. The van der Waals surface area contributed by atoms with E-state index in [-0.39, 0.29) is 11.4 Å². The van der Waals surface area contributed by atoms with E-state index in [0.29, 0.717) is 18.5 Å². The van der Waals surface area contributed by atoms with Crippen molar-refractivity contribution in [2.75, 3.05) is 6.54 Å². The van der Waals surface area contributed by atoms with Crippen molar-refractivity contribution in [1.29, 1.82) is 0 Å². The summed E-state index contributed by atoms with van der Waals surface area (Å²) in [6, 6.07) is 3.39. The molecule has 19 heavy (non-hydrogen) atoms. The zero-order chi connectivity index (χ0) is 14.8. The molecule has 0 aliphatic carbocycles. The van der Waals surface area contributed by atoms with Crippen LogP contribution in [0.5, 0.6) is 0 Å². The van der Waals surface area contributed by atoms with Crippen molar-refractivity contribution in [2.24, 2.45) is 0 Å². The first-order valence-electron chi connectivity index (χ1n) is 6.77. The van der Waals surface area contributed by atoms with Crippen LogP contribution in [0, 0.1) is 19.7 Å². The summed E-state index contributed by atoms with van der Waals surface area (Å²) in [5.74, 6) is -0.321. The van der Waals surface area contributed by atoms with Crippen LogP contribution in [0.25, 0.3) is 0 Å². The third-order valence-electron chi connectivity index (χ3n) is 3.24. The molecule has 0 amide bonds. The van der Waals surface area contributed by atoms with E-state index in [1.54, 1.807) is 6.92 Å². The molecule has 0 saturated heterocycles. The quantitative estimate of drug-likeness (QED) is 0.876. The number of benzene rings is 1. The van der Waals surface area contributed by atoms with Gasteiger partial charge in [0.2, 0.25) is 0 Å². The average Bonchev–Trinajstić information content (AvgIpc) is 2.11. The predicted octanol–water partition coefficient (Wildman–Crippen LogP) is 3.43. The summed E-state index contributed by atoms with van der Waals surface area (Å²) in [6.07, 6.45) is 0.477. The lowest BCUT2D eigenvalue weighted by Gasteiger charge is -2.29. The molecule has 2 nitrogen and oxygen atoms in total. The maximum atomic E-state index is 14.1. The van der Waals surface area contributed by atoms with Gasteiger partial charge in [-0.15, -0.1) is 0 Å². The standard InChI is InChI=1S/C16H26FNO/c1-11-9-12(2)14(13(17)10-11)16(6,19)7-8-18-15(3,4)5/h9-10,18-19H,7-8H2,1-6H3. The Balaban J connectivity index is 2.88. The molecule has 2 N–H and O–H groups in total. The van der Waals surface area contributed by atoms with Crippen LogP contribution in [-0.4, -0.2) is 17.2 Å². The summed E-state index contributed by atoms with van der Waals surface area (Å²) < 4.78 is 14.1. The fourth-order valence-electron chi connectivity index (χ4n) is 2.40. The van der Waals surface area contributed by atoms with Crippen molar-refractivity contribution in [2.45, 2.75) is 59.1 Å². The molecule has 1 unspecified atom stereocenters. The third kappa shape index (κ3) is 4.59. The summed E-state index contributed by atoms with van der Waals surface area (Å²) in [7, 11) is 0. The first-order chi connectivity index (χ1) is 8.53. The first-order valence-corrected chi connectivity index (χ1v) is 6.77. The Morgan fingerprint density at radius 1 is 1.16 bits per heavy atom. The Morgan fingerprint density at radius 2 is 1.74 bits per heavy atom. The second-order valence-electron chi connectivity index (χ2n) is 6.64. The minimum atomic E-state index is -1.15. The topological polar surface area (TPSA) is 32.3 Å².